The van der Waals surface area contributed by atoms with Gasteiger partial charge in [-0.05, 0) is 42.3 Å². The summed E-state index contributed by atoms with van der Waals surface area (Å²) >= 11 is 7.22. The molecule has 7 heteroatoms. The number of rotatable bonds is 6. The maximum Gasteiger partial charge on any atom is 0.266 e. The van der Waals surface area contributed by atoms with Gasteiger partial charge in [0.15, 0.2) is 5.16 Å². The lowest BCUT2D eigenvalue weighted by atomic mass is 10.2. The van der Waals surface area contributed by atoms with Gasteiger partial charge in [0.05, 0.1) is 22.3 Å². The Kier molecular flexibility index (Phi) is 6.19. The van der Waals surface area contributed by atoms with Crippen LogP contribution in [0.2, 0.25) is 5.02 Å². The van der Waals surface area contributed by atoms with E-state index in [-0.39, 0.29) is 17.2 Å². The van der Waals surface area contributed by atoms with Gasteiger partial charge in [-0.25, -0.2) is 4.98 Å². The van der Waals surface area contributed by atoms with Crippen molar-refractivity contribution in [1.29, 1.82) is 0 Å². The highest BCUT2D eigenvalue weighted by Crippen LogP contribution is 2.22. The van der Waals surface area contributed by atoms with Gasteiger partial charge < -0.3 is 5.32 Å². The zero-order valence-corrected chi connectivity index (χ0v) is 16.7. The lowest BCUT2D eigenvalue weighted by Gasteiger charge is -2.13. The number of hydrogen-bond acceptors (Lipinski definition) is 4. The molecular formula is C20H20ClN3O2S. The number of hydrogen-bond donors (Lipinski definition) is 1. The van der Waals surface area contributed by atoms with E-state index in [1.54, 1.807) is 36.4 Å². The maximum atomic E-state index is 13.1. The summed E-state index contributed by atoms with van der Waals surface area (Å²) in [6.45, 7) is 4.70. The molecule has 1 N–H and O–H groups in total. The summed E-state index contributed by atoms with van der Waals surface area (Å²) in [5.74, 6) is 0.481. The van der Waals surface area contributed by atoms with Gasteiger partial charge in [0.2, 0.25) is 5.91 Å². The number of aromatic nitrogens is 2. The van der Waals surface area contributed by atoms with Crippen molar-refractivity contribution in [2.24, 2.45) is 5.92 Å². The first-order chi connectivity index (χ1) is 13.0. The number of carbonyl (C=O) groups is 1. The summed E-state index contributed by atoms with van der Waals surface area (Å²) < 4.78 is 1.53. The summed E-state index contributed by atoms with van der Waals surface area (Å²) in [6.07, 6.45) is 0. The SMILES string of the molecule is CC(C)CNC(=O)CSc1nc2ccccc2c(=O)n1-c1ccc(Cl)cc1. The second-order valence-electron chi connectivity index (χ2n) is 6.52. The molecule has 1 amide bonds. The van der Waals surface area contributed by atoms with E-state index in [0.717, 1.165) is 0 Å². The Morgan fingerprint density at radius 1 is 1.19 bits per heavy atom. The second kappa shape index (κ2) is 8.59. The molecule has 0 fully saturated rings. The van der Waals surface area contributed by atoms with E-state index in [1.165, 1.54) is 16.3 Å². The molecule has 3 rings (SSSR count). The number of benzene rings is 2. The Balaban J connectivity index is 1.99. The highest BCUT2D eigenvalue weighted by molar-refractivity contribution is 7.99. The number of thioether (sulfide) groups is 1. The van der Waals surface area contributed by atoms with E-state index in [0.29, 0.717) is 39.2 Å². The number of nitrogens with zero attached hydrogens (tertiary/aromatic N) is 2. The topological polar surface area (TPSA) is 64.0 Å². The summed E-state index contributed by atoms with van der Waals surface area (Å²) in [6, 6.07) is 14.2. The van der Waals surface area contributed by atoms with Crippen LogP contribution in [0, 0.1) is 5.92 Å². The van der Waals surface area contributed by atoms with Crippen LogP contribution in [0.5, 0.6) is 0 Å². The molecule has 140 valence electrons. The van der Waals surface area contributed by atoms with E-state index in [2.05, 4.69) is 10.3 Å². The van der Waals surface area contributed by atoms with Crippen molar-refractivity contribution < 1.29 is 4.79 Å². The number of carbonyl (C=O) groups excluding carboxylic acids is 1. The summed E-state index contributed by atoms with van der Waals surface area (Å²) in [5, 5.41) is 4.47. The fourth-order valence-corrected chi connectivity index (χ4v) is 3.49. The molecule has 2 aromatic carbocycles. The number of halogens is 1. The normalized spacial score (nSPS) is 11.1. The van der Waals surface area contributed by atoms with Gasteiger partial charge >= 0.3 is 0 Å². The Bertz CT molecular complexity index is 1020. The first-order valence-corrected chi connectivity index (χ1v) is 9.99. The molecule has 0 aliphatic carbocycles. The number of amides is 1. The Labute approximate surface area is 166 Å². The van der Waals surface area contributed by atoms with Gasteiger partial charge in [-0.3, -0.25) is 14.2 Å². The molecule has 0 bridgehead atoms. The molecule has 1 aromatic heterocycles. The molecule has 0 atom stereocenters. The van der Waals surface area contributed by atoms with E-state index in [4.69, 9.17) is 11.6 Å². The van der Waals surface area contributed by atoms with Gasteiger partial charge in [-0.2, -0.15) is 0 Å². The molecule has 1 heterocycles. The molecule has 0 spiro atoms. The molecule has 5 nitrogen and oxygen atoms in total. The van der Waals surface area contributed by atoms with Gasteiger partial charge in [0, 0.05) is 11.6 Å². The minimum atomic E-state index is -0.173. The average Bonchev–Trinajstić information content (AvgIpc) is 2.66. The Hall–Kier alpha value is -2.31. The molecule has 0 saturated heterocycles. The van der Waals surface area contributed by atoms with Crippen molar-refractivity contribution in [3.8, 4) is 5.69 Å². The third-order valence-corrected chi connectivity index (χ3v) is 5.06. The highest BCUT2D eigenvalue weighted by atomic mass is 35.5. The van der Waals surface area contributed by atoms with E-state index in [1.807, 2.05) is 26.0 Å². The zero-order valence-electron chi connectivity index (χ0n) is 15.1. The van der Waals surface area contributed by atoms with Crippen LogP contribution in [-0.2, 0) is 4.79 Å². The molecule has 0 aliphatic rings. The molecule has 0 unspecified atom stereocenters. The van der Waals surface area contributed by atoms with Crippen molar-refractivity contribution in [2.75, 3.05) is 12.3 Å². The average molecular weight is 402 g/mol. The summed E-state index contributed by atoms with van der Waals surface area (Å²) in [4.78, 5) is 29.8. The minimum absolute atomic E-state index is 0.0845. The van der Waals surface area contributed by atoms with Crippen molar-refractivity contribution in [3.05, 3.63) is 63.9 Å². The predicted molar refractivity (Wildman–Crippen MR) is 111 cm³/mol. The molecular weight excluding hydrogens is 382 g/mol. The largest absolute Gasteiger partial charge is 0.355 e. The van der Waals surface area contributed by atoms with Gasteiger partial charge in [0.1, 0.15) is 0 Å². The fraction of sp³-hybridized carbons (Fsp3) is 0.250. The zero-order chi connectivity index (χ0) is 19.4. The summed E-state index contributed by atoms with van der Waals surface area (Å²) in [7, 11) is 0. The first-order valence-electron chi connectivity index (χ1n) is 8.63. The quantitative estimate of drug-likeness (QED) is 0.502. The third-order valence-electron chi connectivity index (χ3n) is 3.87. The fourth-order valence-electron chi connectivity index (χ4n) is 2.53. The lowest BCUT2D eigenvalue weighted by Crippen LogP contribution is -2.29. The van der Waals surface area contributed by atoms with Gasteiger partial charge in [0.25, 0.3) is 5.56 Å². The Morgan fingerprint density at radius 3 is 2.59 bits per heavy atom. The van der Waals surface area contributed by atoms with Crippen LogP contribution in [-0.4, -0.2) is 27.8 Å². The summed E-state index contributed by atoms with van der Waals surface area (Å²) in [5.41, 5.74) is 1.10. The van der Waals surface area contributed by atoms with Gasteiger partial charge in [-0.15, -0.1) is 0 Å². The number of fused-ring (bicyclic) bond motifs is 1. The van der Waals surface area contributed by atoms with E-state index in [9.17, 15) is 9.59 Å². The smallest absolute Gasteiger partial charge is 0.266 e. The van der Waals surface area contributed by atoms with Crippen LogP contribution in [0.4, 0.5) is 0 Å². The van der Waals surface area contributed by atoms with Crippen molar-refractivity contribution in [3.63, 3.8) is 0 Å². The van der Waals surface area contributed by atoms with E-state index >= 15 is 0 Å². The van der Waals surface area contributed by atoms with Crippen LogP contribution in [0.1, 0.15) is 13.8 Å². The monoisotopic (exact) mass is 401 g/mol. The molecule has 27 heavy (non-hydrogen) atoms. The standard InChI is InChI=1S/C20H20ClN3O2S/c1-13(2)11-22-18(25)12-27-20-23-17-6-4-3-5-16(17)19(26)24(20)15-9-7-14(21)8-10-15/h3-10,13H,11-12H2,1-2H3,(H,22,25). The third kappa shape index (κ3) is 4.70. The predicted octanol–water partition coefficient (Wildman–Crippen LogP) is 3.90. The second-order valence-corrected chi connectivity index (χ2v) is 7.89. The maximum absolute atomic E-state index is 13.1. The van der Waals surface area contributed by atoms with Crippen LogP contribution >= 0.6 is 23.4 Å². The number of nitrogens with one attached hydrogen (secondary N) is 1. The number of para-hydroxylation sites is 1. The first kappa shape index (κ1) is 19.5. The van der Waals surface area contributed by atoms with Crippen molar-refractivity contribution in [2.45, 2.75) is 19.0 Å². The van der Waals surface area contributed by atoms with E-state index < -0.39 is 0 Å². The van der Waals surface area contributed by atoms with Crippen LogP contribution < -0.4 is 10.9 Å². The highest BCUT2D eigenvalue weighted by Gasteiger charge is 2.14. The molecule has 0 saturated carbocycles. The van der Waals surface area contributed by atoms with Crippen LogP contribution in [0.3, 0.4) is 0 Å². The minimum Gasteiger partial charge on any atom is -0.355 e. The van der Waals surface area contributed by atoms with Crippen molar-refractivity contribution in [1.82, 2.24) is 14.9 Å². The van der Waals surface area contributed by atoms with Crippen molar-refractivity contribution >= 4 is 40.2 Å². The molecule has 0 aliphatic heterocycles. The van der Waals surface area contributed by atoms with Crippen LogP contribution in [0.15, 0.2) is 58.5 Å². The molecule has 0 radical (unpaired) electrons. The van der Waals surface area contributed by atoms with Crippen LogP contribution in [0.25, 0.3) is 16.6 Å². The lowest BCUT2D eigenvalue weighted by molar-refractivity contribution is -0.118. The Morgan fingerprint density at radius 2 is 1.89 bits per heavy atom. The van der Waals surface area contributed by atoms with Gasteiger partial charge in [-0.1, -0.05) is 49.3 Å². The molecule has 3 aromatic rings.